The topological polar surface area (TPSA) is 41.1 Å². The van der Waals surface area contributed by atoms with Crippen molar-refractivity contribution < 1.29 is 4.79 Å². The monoisotopic (exact) mass is 338 g/mol. The van der Waals surface area contributed by atoms with Crippen molar-refractivity contribution in [3.63, 3.8) is 0 Å². The molecule has 0 bridgehead atoms. The first kappa shape index (κ1) is 14.2. The molecule has 2 N–H and O–H groups in total. The molecule has 0 spiro atoms. The summed E-state index contributed by atoms with van der Waals surface area (Å²) in [5.41, 5.74) is 2.13. The maximum atomic E-state index is 11.1. The van der Waals surface area contributed by atoms with E-state index in [2.05, 4.69) is 38.7 Å². The molecule has 0 aliphatic heterocycles. The number of thiophene rings is 1. The van der Waals surface area contributed by atoms with Crippen LogP contribution in [0, 0.1) is 0 Å². The van der Waals surface area contributed by atoms with Gasteiger partial charge < -0.3 is 10.6 Å². The zero-order valence-corrected chi connectivity index (χ0v) is 13.0. The molecule has 1 aromatic heterocycles. The van der Waals surface area contributed by atoms with E-state index in [4.69, 9.17) is 0 Å². The van der Waals surface area contributed by atoms with E-state index in [-0.39, 0.29) is 5.91 Å². The fourth-order valence-corrected chi connectivity index (χ4v) is 2.99. The Labute approximate surface area is 125 Å². The van der Waals surface area contributed by atoms with Crippen molar-refractivity contribution in [3.05, 3.63) is 50.6 Å². The van der Waals surface area contributed by atoms with Gasteiger partial charge in [-0.3, -0.25) is 4.79 Å². The first-order valence-electron chi connectivity index (χ1n) is 5.94. The zero-order valence-electron chi connectivity index (χ0n) is 10.6. The lowest BCUT2D eigenvalue weighted by Gasteiger charge is -2.07. The third kappa shape index (κ3) is 4.45. The van der Waals surface area contributed by atoms with Gasteiger partial charge in [-0.1, -0.05) is 28.1 Å². The molecule has 2 rings (SSSR count). The second-order valence-corrected chi connectivity index (χ2v) is 6.09. The standard InChI is InChI=1S/C14H15BrN2OS/c1-10(18)17-13-5-6-19-14(13)9-16-8-11-3-2-4-12(15)7-11/h2-7,16H,8-9H2,1H3,(H,17,18). The van der Waals surface area contributed by atoms with Crippen LogP contribution < -0.4 is 10.6 Å². The van der Waals surface area contributed by atoms with Gasteiger partial charge in [0.15, 0.2) is 0 Å². The fraction of sp³-hybridized carbons (Fsp3) is 0.214. The Balaban J connectivity index is 1.89. The summed E-state index contributed by atoms with van der Waals surface area (Å²) >= 11 is 5.10. The third-order valence-corrected chi connectivity index (χ3v) is 3.97. The number of hydrogen-bond acceptors (Lipinski definition) is 3. The highest BCUT2D eigenvalue weighted by Gasteiger charge is 2.05. The van der Waals surface area contributed by atoms with Crippen LogP contribution in [0.4, 0.5) is 5.69 Å². The predicted molar refractivity (Wildman–Crippen MR) is 83.3 cm³/mol. The van der Waals surface area contributed by atoms with Crippen molar-refractivity contribution in [3.8, 4) is 0 Å². The fourth-order valence-electron chi connectivity index (χ4n) is 1.75. The van der Waals surface area contributed by atoms with Gasteiger partial charge in [0.2, 0.25) is 5.91 Å². The van der Waals surface area contributed by atoms with Crippen LogP contribution in [-0.4, -0.2) is 5.91 Å². The number of benzene rings is 1. The number of rotatable bonds is 5. The van der Waals surface area contributed by atoms with Crippen LogP contribution in [-0.2, 0) is 17.9 Å². The summed E-state index contributed by atoms with van der Waals surface area (Å²) in [7, 11) is 0. The summed E-state index contributed by atoms with van der Waals surface area (Å²) in [6, 6.07) is 10.1. The van der Waals surface area contributed by atoms with Crippen LogP contribution in [0.2, 0.25) is 0 Å². The van der Waals surface area contributed by atoms with Gasteiger partial charge in [0, 0.05) is 29.4 Å². The second-order valence-electron chi connectivity index (χ2n) is 4.17. The van der Waals surface area contributed by atoms with Gasteiger partial charge in [0.1, 0.15) is 0 Å². The largest absolute Gasteiger partial charge is 0.325 e. The van der Waals surface area contributed by atoms with E-state index < -0.39 is 0 Å². The van der Waals surface area contributed by atoms with E-state index in [1.807, 2.05) is 23.6 Å². The smallest absolute Gasteiger partial charge is 0.221 e. The van der Waals surface area contributed by atoms with Crippen molar-refractivity contribution >= 4 is 38.9 Å². The van der Waals surface area contributed by atoms with E-state index in [0.29, 0.717) is 0 Å². The minimum Gasteiger partial charge on any atom is -0.325 e. The Morgan fingerprint density at radius 2 is 2.16 bits per heavy atom. The summed E-state index contributed by atoms with van der Waals surface area (Å²) in [5, 5.41) is 8.21. The van der Waals surface area contributed by atoms with Crippen molar-refractivity contribution in [2.24, 2.45) is 0 Å². The Bertz CT molecular complexity index is 568. The lowest BCUT2D eigenvalue weighted by atomic mass is 10.2. The molecule has 1 aromatic carbocycles. The quantitative estimate of drug-likeness (QED) is 0.871. The molecule has 0 saturated carbocycles. The van der Waals surface area contributed by atoms with Crippen LogP contribution >= 0.6 is 27.3 Å². The Hall–Kier alpha value is -1.17. The minimum absolute atomic E-state index is 0.0355. The minimum atomic E-state index is -0.0355. The van der Waals surface area contributed by atoms with Gasteiger partial charge >= 0.3 is 0 Å². The highest BCUT2D eigenvalue weighted by Crippen LogP contribution is 2.22. The normalized spacial score (nSPS) is 10.4. The van der Waals surface area contributed by atoms with Crippen LogP contribution in [0.1, 0.15) is 17.4 Å². The van der Waals surface area contributed by atoms with Gasteiger partial charge in [-0.25, -0.2) is 0 Å². The van der Waals surface area contributed by atoms with Crippen LogP contribution in [0.5, 0.6) is 0 Å². The third-order valence-electron chi connectivity index (χ3n) is 2.56. The maximum absolute atomic E-state index is 11.1. The molecule has 5 heteroatoms. The van der Waals surface area contributed by atoms with Crippen LogP contribution in [0.25, 0.3) is 0 Å². The second kappa shape index (κ2) is 6.84. The van der Waals surface area contributed by atoms with E-state index in [9.17, 15) is 4.79 Å². The molecule has 0 unspecified atom stereocenters. The molecule has 100 valence electrons. The Morgan fingerprint density at radius 1 is 1.32 bits per heavy atom. The average Bonchev–Trinajstić information content (AvgIpc) is 2.76. The van der Waals surface area contributed by atoms with Crippen molar-refractivity contribution in [2.75, 3.05) is 5.32 Å². The van der Waals surface area contributed by atoms with Gasteiger partial charge in [0.25, 0.3) is 0 Å². The van der Waals surface area contributed by atoms with Crippen molar-refractivity contribution in [1.82, 2.24) is 5.32 Å². The summed E-state index contributed by atoms with van der Waals surface area (Å²) in [4.78, 5) is 12.2. The molecule has 0 saturated heterocycles. The van der Waals surface area contributed by atoms with E-state index >= 15 is 0 Å². The first-order valence-corrected chi connectivity index (χ1v) is 7.61. The maximum Gasteiger partial charge on any atom is 0.221 e. The molecule has 1 amide bonds. The van der Waals surface area contributed by atoms with Crippen molar-refractivity contribution in [1.29, 1.82) is 0 Å². The number of amides is 1. The van der Waals surface area contributed by atoms with Gasteiger partial charge in [-0.2, -0.15) is 0 Å². The molecule has 0 atom stereocenters. The summed E-state index contributed by atoms with van der Waals surface area (Å²) in [5.74, 6) is -0.0355. The molecule has 3 nitrogen and oxygen atoms in total. The highest BCUT2D eigenvalue weighted by molar-refractivity contribution is 9.10. The summed E-state index contributed by atoms with van der Waals surface area (Å²) < 4.78 is 1.09. The average molecular weight is 339 g/mol. The molecule has 0 aliphatic rings. The molecule has 0 radical (unpaired) electrons. The van der Waals surface area contributed by atoms with E-state index in [1.165, 1.54) is 12.5 Å². The number of anilines is 1. The molecule has 0 fully saturated rings. The lowest BCUT2D eigenvalue weighted by Crippen LogP contribution is -2.14. The van der Waals surface area contributed by atoms with Gasteiger partial charge in [-0.05, 0) is 29.1 Å². The number of carbonyl (C=O) groups is 1. The molecule has 2 aromatic rings. The van der Waals surface area contributed by atoms with E-state index in [1.54, 1.807) is 11.3 Å². The summed E-state index contributed by atoms with van der Waals surface area (Å²) in [6.45, 7) is 3.08. The van der Waals surface area contributed by atoms with Gasteiger partial charge in [0.05, 0.1) is 5.69 Å². The lowest BCUT2D eigenvalue weighted by molar-refractivity contribution is -0.114. The summed E-state index contributed by atoms with van der Waals surface area (Å²) in [6.07, 6.45) is 0. The first-order chi connectivity index (χ1) is 9.15. The molecule has 1 heterocycles. The number of hydrogen-bond donors (Lipinski definition) is 2. The molecule has 19 heavy (non-hydrogen) atoms. The molecular weight excluding hydrogens is 324 g/mol. The Morgan fingerprint density at radius 3 is 2.89 bits per heavy atom. The number of nitrogens with one attached hydrogen (secondary N) is 2. The Kier molecular flexibility index (Phi) is 5.13. The predicted octanol–water partition coefficient (Wildman–Crippen LogP) is 3.76. The SMILES string of the molecule is CC(=O)Nc1ccsc1CNCc1cccc(Br)c1. The molecular formula is C14H15BrN2OS. The molecule has 0 aliphatic carbocycles. The van der Waals surface area contributed by atoms with Gasteiger partial charge in [-0.15, -0.1) is 11.3 Å². The van der Waals surface area contributed by atoms with E-state index in [0.717, 1.165) is 28.1 Å². The highest BCUT2D eigenvalue weighted by atomic mass is 79.9. The van der Waals surface area contributed by atoms with Crippen LogP contribution in [0.3, 0.4) is 0 Å². The number of halogens is 1. The zero-order chi connectivity index (χ0) is 13.7. The number of carbonyl (C=O) groups excluding carboxylic acids is 1. The van der Waals surface area contributed by atoms with Crippen LogP contribution in [0.15, 0.2) is 40.2 Å². The van der Waals surface area contributed by atoms with Crippen molar-refractivity contribution in [2.45, 2.75) is 20.0 Å².